The molecule has 0 saturated carbocycles. The normalized spacial score (nSPS) is 42.6. The number of terminal acetylenes is 1. The molecule has 3 saturated heterocycles. The Morgan fingerprint density at radius 2 is 1.74 bits per heavy atom. The van der Waals surface area contributed by atoms with E-state index in [1.54, 1.807) is 26.8 Å². The van der Waals surface area contributed by atoms with E-state index in [-0.39, 0.29) is 37.8 Å². The summed E-state index contributed by atoms with van der Waals surface area (Å²) in [6, 6.07) is -0.878. The summed E-state index contributed by atoms with van der Waals surface area (Å²) in [5.41, 5.74) is -6.47. The second kappa shape index (κ2) is 10.8. The van der Waals surface area contributed by atoms with Gasteiger partial charge in [-0.2, -0.15) is 0 Å². The third-order valence-electron chi connectivity index (χ3n) is 8.95. The highest BCUT2D eigenvalue weighted by molar-refractivity contribution is 6.07. The maximum atomic E-state index is 15.7. The molecule has 0 aromatic carbocycles. The van der Waals surface area contributed by atoms with Crippen molar-refractivity contribution in [3.05, 3.63) is 12.7 Å². The highest BCUT2D eigenvalue weighted by Gasteiger charge is 2.69. The van der Waals surface area contributed by atoms with Crippen LogP contribution in [0, 0.1) is 35.5 Å². The zero-order chi connectivity index (χ0) is 29.6. The number of hydrogen-bond donors (Lipinski definition) is 0. The Balaban J connectivity index is 2.15. The van der Waals surface area contributed by atoms with E-state index < -0.39 is 70.4 Å². The molecule has 0 radical (unpaired) electrons. The number of carbonyl (C=O) groups excluding carboxylic acids is 4. The lowest BCUT2D eigenvalue weighted by Crippen LogP contribution is -2.53. The summed E-state index contributed by atoms with van der Waals surface area (Å²) < 4.78 is 32.8. The van der Waals surface area contributed by atoms with Crippen molar-refractivity contribution in [2.24, 2.45) is 23.2 Å². The Kier molecular flexibility index (Phi) is 8.56. The van der Waals surface area contributed by atoms with Crippen molar-refractivity contribution in [3.8, 4) is 12.3 Å². The minimum absolute atomic E-state index is 0.0441. The van der Waals surface area contributed by atoms with Crippen molar-refractivity contribution < 1.29 is 37.8 Å². The fourth-order valence-electron chi connectivity index (χ4n) is 7.27. The molecule has 3 heterocycles. The van der Waals surface area contributed by atoms with Gasteiger partial charge >= 0.3 is 11.9 Å². The molecule has 2 unspecified atom stereocenters. The van der Waals surface area contributed by atoms with Gasteiger partial charge in [0.05, 0.1) is 5.60 Å². The number of nitrogens with zero attached hydrogens (tertiary/aromatic N) is 1. The Bertz CT molecular complexity index is 1080. The number of halogens is 1. The standard InChI is InChI=1S/C30H42FNO7/c1-10-12-20(5)32-16-28(7)22-21(32)25(35)39-29(22,8)17-37-26(36)30(9,31)24(34)19(4)15-27(6,38-13-11-2)14-18(3)23(28)33/h2,10,18-22H,1,12-17H2,3-9H3/t18-,19-,20?,21-,22?,27-,28-,29-,30-/m1/s1. The predicted molar refractivity (Wildman–Crippen MR) is 142 cm³/mol. The minimum Gasteiger partial charge on any atom is -0.459 e. The van der Waals surface area contributed by atoms with E-state index in [0.717, 1.165) is 6.92 Å². The van der Waals surface area contributed by atoms with Crippen molar-refractivity contribution in [2.45, 2.75) is 96.7 Å². The summed E-state index contributed by atoms with van der Waals surface area (Å²) in [6.07, 6.45) is 8.03. The smallest absolute Gasteiger partial charge is 0.351 e. The van der Waals surface area contributed by atoms with Gasteiger partial charge in [0.2, 0.25) is 0 Å². The van der Waals surface area contributed by atoms with Gasteiger partial charge in [0, 0.05) is 35.8 Å². The minimum atomic E-state index is -2.93. The molecular weight excluding hydrogens is 505 g/mol. The maximum Gasteiger partial charge on any atom is 0.351 e. The van der Waals surface area contributed by atoms with Crippen LogP contribution in [0.2, 0.25) is 0 Å². The molecule has 0 spiro atoms. The fourth-order valence-corrected chi connectivity index (χ4v) is 7.27. The van der Waals surface area contributed by atoms with Crippen LogP contribution in [0.5, 0.6) is 0 Å². The van der Waals surface area contributed by atoms with Gasteiger partial charge in [-0.05, 0) is 47.0 Å². The van der Waals surface area contributed by atoms with Crippen LogP contribution in [0.3, 0.4) is 0 Å². The molecule has 9 atom stereocenters. The van der Waals surface area contributed by atoms with Gasteiger partial charge in [0.15, 0.2) is 5.78 Å². The molecule has 3 aliphatic rings. The first-order chi connectivity index (χ1) is 18.0. The van der Waals surface area contributed by atoms with Crippen LogP contribution in [0.4, 0.5) is 4.39 Å². The molecule has 0 amide bonds. The predicted octanol–water partition coefficient (Wildman–Crippen LogP) is 3.46. The van der Waals surface area contributed by atoms with E-state index in [9.17, 15) is 19.2 Å². The van der Waals surface area contributed by atoms with E-state index in [2.05, 4.69) is 12.5 Å². The molecule has 3 fully saturated rings. The largest absolute Gasteiger partial charge is 0.459 e. The van der Waals surface area contributed by atoms with E-state index in [1.807, 2.05) is 18.7 Å². The second-order valence-corrected chi connectivity index (χ2v) is 12.6. The van der Waals surface area contributed by atoms with Crippen LogP contribution < -0.4 is 0 Å². The topological polar surface area (TPSA) is 99.2 Å². The summed E-state index contributed by atoms with van der Waals surface area (Å²) >= 11 is 0. The summed E-state index contributed by atoms with van der Waals surface area (Å²) in [7, 11) is 0. The van der Waals surface area contributed by atoms with Gasteiger partial charge in [-0.3, -0.25) is 19.3 Å². The molecule has 39 heavy (non-hydrogen) atoms. The first-order valence-corrected chi connectivity index (χ1v) is 13.6. The number of hydrogen-bond acceptors (Lipinski definition) is 8. The zero-order valence-corrected chi connectivity index (χ0v) is 24.2. The van der Waals surface area contributed by atoms with Crippen LogP contribution in [-0.4, -0.2) is 77.1 Å². The Labute approximate surface area is 231 Å². The van der Waals surface area contributed by atoms with E-state index in [0.29, 0.717) is 6.42 Å². The fraction of sp³-hybridized carbons (Fsp3) is 0.733. The summed E-state index contributed by atoms with van der Waals surface area (Å²) in [5.74, 6) is -2.71. The Morgan fingerprint density at radius 1 is 1.15 bits per heavy atom. The van der Waals surface area contributed by atoms with Crippen molar-refractivity contribution in [1.82, 2.24) is 4.90 Å². The summed E-state index contributed by atoms with van der Waals surface area (Å²) in [5, 5.41) is 0. The Hall–Kier alpha value is -2.57. The monoisotopic (exact) mass is 547 g/mol. The van der Waals surface area contributed by atoms with E-state index in [4.69, 9.17) is 20.6 Å². The van der Waals surface area contributed by atoms with Crippen molar-refractivity contribution >= 4 is 23.5 Å². The zero-order valence-electron chi connectivity index (χ0n) is 24.2. The van der Waals surface area contributed by atoms with Crippen LogP contribution in [0.15, 0.2) is 12.7 Å². The lowest BCUT2D eigenvalue weighted by molar-refractivity contribution is -0.178. The average molecular weight is 548 g/mol. The number of rotatable bonds is 5. The molecule has 9 heteroatoms. The number of cyclic esters (lactones) is 1. The number of ether oxygens (including phenoxy) is 3. The van der Waals surface area contributed by atoms with Crippen molar-refractivity contribution in [1.29, 1.82) is 0 Å². The van der Waals surface area contributed by atoms with E-state index in [1.165, 1.54) is 6.92 Å². The highest BCUT2D eigenvalue weighted by Crippen LogP contribution is 2.55. The molecular formula is C30H42FNO7. The quantitative estimate of drug-likeness (QED) is 0.223. The van der Waals surface area contributed by atoms with Gasteiger partial charge in [-0.1, -0.05) is 32.8 Å². The number of ketones is 2. The number of likely N-dealkylation sites (tertiary alicyclic amines) is 1. The molecule has 216 valence electrons. The molecule has 0 aromatic heterocycles. The van der Waals surface area contributed by atoms with Crippen LogP contribution in [0.25, 0.3) is 0 Å². The van der Waals surface area contributed by atoms with Gasteiger partial charge in [-0.15, -0.1) is 13.0 Å². The molecule has 0 aliphatic carbocycles. The van der Waals surface area contributed by atoms with Crippen molar-refractivity contribution in [3.63, 3.8) is 0 Å². The molecule has 0 N–H and O–H groups in total. The third kappa shape index (κ3) is 5.43. The van der Waals surface area contributed by atoms with Gasteiger partial charge in [0.25, 0.3) is 5.67 Å². The second-order valence-electron chi connectivity index (χ2n) is 12.6. The average Bonchev–Trinajstić information content (AvgIpc) is 3.33. The molecule has 3 rings (SSSR count). The maximum absolute atomic E-state index is 15.7. The highest BCUT2D eigenvalue weighted by atomic mass is 19.1. The SMILES string of the molecule is C#CCO[C@@]1(C)C[C@@H](C)C(=O)[C@@](C)(F)C(=O)OC[C@@]2(C)OC(=O)[C@H]3C2[C@@](C)(CN3C(C)CC=C)C(=O)[C@H](C)C1. The summed E-state index contributed by atoms with van der Waals surface area (Å²) in [6.45, 7) is 14.9. The number of carbonyl (C=O) groups is 4. The first-order valence-electron chi connectivity index (χ1n) is 13.6. The first kappa shape index (κ1) is 31.0. The molecule has 8 nitrogen and oxygen atoms in total. The van der Waals surface area contributed by atoms with E-state index >= 15 is 4.39 Å². The van der Waals surface area contributed by atoms with Gasteiger partial charge < -0.3 is 14.2 Å². The van der Waals surface area contributed by atoms with Gasteiger partial charge in [-0.25, -0.2) is 9.18 Å². The van der Waals surface area contributed by atoms with Crippen molar-refractivity contribution in [2.75, 3.05) is 19.8 Å². The lowest BCUT2D eigenvalue weighted by atomic mass is 9.64. The number of Topliss-reactive ketones (excluding diaryl/α,β-unsaturated/α-hetero) is 2. The Morgan fingerprint density at radius 3 is 2.31 bits per heavy atom. The summed E-state index contributed by atoms with van der Waals surface area (Å²) in [4.78, 5) is 55.7. The van der Waals surface area contributed by atoms with Crippen LogP contribution >= 0.6 is 0 Å². The molecule has 0 bridgehead atoms. The van der Waals surface area contributed by atoms with Crippen LogP contribution in [-0.2, 0) is 33.4 Å². The molecule has 3 aliphatic heterocycles. The lowest BCUT2D eigenvalue weighted by Gasteiger charge is -2.41. The number of alkyl halides is 1. The molecule has 0 aromatic rings. The van der Waals surface area contributed by atoms with Crippen LogP contribution in [0.1, 0.15) is 67.7 Å². The number of esters is 2. The third-order valence-corrected chi connectivity index (χ3v) is 8.95. The van der Waals surface area contributed by atoms with Gasteiger partial charge in [0.1, 0.15) is 30.6 Å².